The van der Waals surface area contributed by atoms with Crippen LogP contribution in [-0.2, 0) is 4.79 Å². The molecule has 1 aliphatic carbocycles. The van der Waals surface area contributed by atoms with Gasteiger partial charge < -0.3 is 10.0 Å². The summed E-state index contributed by atoms with van der Waals surface area (Å²) >= 11 is 0. The highest BCUT2D eigenvalue weighted by Crippen LogP contribution is 2.25. The number of piperazine rings is 1. The van der Waals surface area contributed by atoms with Gasteiger partial charge in [-0.25, -0.2) is 0 Å². The van der Waals surface area contributed by atoms with Crippen molar-refractivity contribution in [3.63, 3.8) is 0 Å². The fourth-order valence-electron chi connectivity index (χ4n) is 2.66. The second kappa shape index (κ2) is 6.63. The number of hydrogen-bond donors (Lipinski definition) is 1. The van der Waals surface area contributed by atoms with Gasteiger partial charge in [0.2, 0.25) is 5.91 Å². The minimum atomic E-state index is -0.319. The number of likely N-dealkylation sites (N-methyl/N-ethyl adjacent to an activating group) is 1. The summed E-state index contributed by atoms with van der Waals surface area (Å²) in [5, 5.41) is 10.2. The van der Waals surface area contributed by atoms with Gasteiger partial charge in [0.25, 0.3) is 0 Å². The van der Waals surface area contributed by atoms with Gasteiger partial charge in [0.15, 0.2) is 0 Å². The summed E-state index contributed by atoms with van der Waals surface area (Å²) in [6.07, 6.45) is 2.16. The molecule has 2 fully saturated rings. The lowest BCUT2D eigenvalue weighted by Gasteiger charge is -2.38. The zero-order valence-electron chi connectivity index (χ0n) is 14.0. The zero-order valence-corrected chi connectivity index (χ0v) is 14.0. The molecule has 2 aliphatic rings. The van der Waals surface area contributed by atoms with Gasteiger partial charge in [0.1, 0.15) is 0 Å². The van der Waals surface area contributed by atoms with Gasteiger partial charge in [-0.15, -0.1) is 0 Å². The van der Waals surface area contributed by atoms with Crippen molar-refractivity contribution in [3.8, 4) is 0 Å². The molecule has 1 saturated heterocycles. The first-order valence-corrected chi connectivity index (χ1v) is 8.16. The smallest absolute Gasteiger partial charge is 0.236 e. The van der Waals surface area contributed by atoms with Crippen molar-refractivity contribution >= 4 is 5.91 Å². The lowest BCUT2D eigenvalue weighted by atomic mass is 9.89. The van der Waals surface area contributed by atoms with Gasteiger partial charge in [-0.05, 0) is 25.3 Å². The van der Waals surface area contributed by atoms with E-state index < -0.39 is 0 Å². The molecule has 1 unspecified atom stereocenters. The van der Waals surface area contributed by atoms with E-state index in [1.807, 2.05) is 11.9 Å². The van der Waals surface area contributed by atoms with E-state index in [2.05, 4.69) is 30.6 Å². The summed E-state index contributed by atoms with van der Waals surface area (Å²) in [7, 11) is 2.05. The molecule has 1 aliphatic heterocycles. The molecule has 5 heteroatoms. The standard InChI is InChI=1S/C16H31N3O2/c1-16(2,3)14(20)11-18-7-9-19(10-8-18)15(21)12-17(4)13-5-6-13/h13-14,20H,5-12H2,1-4H3. The number of hydrogen-bond acceptors (Lipinski definition) is 4. The highest BCUT2D eigenvalue weighted by Gasteiger charge is 2.30. The van der Waals surface area contributed by atoms with Crippen molar-refractivity contribution in [1.29, 1.82) is 0 Å². The Hall–Kier alpha value is -0.650. The number of carbonyl (C=O) groups excluding carboxylic acids is 1. The summed E-state index contributed by atoms with van der Waals surface area (Å²) in [5.74, 6) is 0.250. The van der Waals surface area contributed by atoms with Gasteiger partial charge >= 0.3 is 0 Å². The molecule has 1 atom stereocenters. The van der Waals surface area contributed by atoms with Crippen LogP contribution in [0.4, 0.5) is 0 Å². The molecule has 5 nitrogen and oxygen atoms in total. The number of aliphatic hydroxyl groups excluding tert-OH is 1. The molecule has 1 saturated carbocycles. The van der Waals surface area contributed by atoms with E-state index in [-0.39, 0.29) is 17.4 Å². The summed E-state index contributed by atoms with van der Waals surface area (Å²) in [6.45, 7) is 10.7. The number of nitrogens with zero attached hydrogens (tertiary/aromatic N) is 3. The van der Waals surface area contributed by atoms with Crippen LogP contribution >= 0.6 is 0 Å². The van der Waals surface area contributed by atoms with Crippen molar-refractivity contribution in [2.24, 2.45) is 5.41 Å². The first kappa shape index (κ1) is 16.7. The van der Waals surface area contributed by atoms with E-state index in [0.717, 1.165) is 26.2 Å². The van der Waals surface area contributed by atoms with Gasteiger partial charge in [-0.3, -0.25) is 14.6 Å². The Labute approximate surface area is 128 Å². The van der Waals surface area contributed by atoms with Crippen molar-refractivity contribution in [2.75, 3.05) is 46.3 Å². The third-order valence-corrected chi connectivity index (χ3v) is 4.71. The number of rotatable bonds is 5. The number of β-amino-alcohol motifs (C(OH)–C–C–N with tert-alkyl or cyclic N) is 1. The molecule has 1 N–H and O–H groups in total. The second-order valence-corrected chi connectivity index (χ2v) is 7.71. The van der Waals surface area contributed by atoms with Gasteiger partial charge in [-0.2, -0.15) is 0 Å². The molecular weight excluding hydrogens is 266 g/mol. The summed E-state index contributed by atoms with van der Waals surface area (Å²) in [6, 6.07) is 0.636. The molecule has 0 aromatic carbocycles. The summed E-state index contributed by atoms with van der Waals surface area (Å²) in [5.41, 5.74) is -0.0834. The van der Waals surface area contributed by atoms with Crippen molar-refractivity contribution in [1.82, 2.24) is 14.7 Å². The van der Waals surface area contributed by atoms with Gasteiger partial charge in [0.05, 0.1) is 12.6 Å². The molecular formula is C16H31N3O2. The normalized spacial score (nSPS) is 22.7. The maximum absolute atomic E-state index is 12.2. The molecule has 0 radical (unpaired) electrons. The van der Waals surface area contributed by atoms with Crippen LogP contribution in [0.15, 0.2) is 0 Å². The lowest BCUT2D eigenvalue weighted by molar-refractivity contribution is -0.134. The largest absolute Gasteiger partial charge is 0.391 e. The predicted octanol–water partition coefficient (Wildman–Crippen LogP) is 0.632. The first-order valence-electron chi connectivity index (χ1n) is 8.16. The topological polar surface area (TPSA) is 47.0 Å². The van der Waals surface area contributed by atoms with E-state index in [1.165, 1.54) is 12.8 Å². The van der Waals surface area contributed by atoms with Crippen molar-refractivity contribution in [2.45, 2.75) is 45.8 Å². The Morgan fingerprint density at radius 3 is 2.29 bits per heavy atom. The van der Waals surface area contributed by atoms with Crippen LogP contribution < -0.4 is 0 Å². The van der Waals surface area contributed by atoms with E-state index in [1.54, 1.807) is 0 Å². The van der Waals surface area contributed by atoms with Crippen LogP contribution in [-0.4, -0.2) is 84.2 Å². The van der Waals surface area contributed by atoms with Crippen molar-refractivity contribution < 1.29 is 9.90 Å². The summed E-state index contributed by atoms with van der Waals surface area (Å²) < 4.78 is 0. The maximum atomic E-state index is 12.2. The van der Waals surface area contributed by atoms with E-state index >= 15 is 0 Å². The Balaban J connectivity index is 1.71. The average molecular weight is 297 g/mol. The molecule has 1 amide bonds. The van der Waals surface area contributed by atoms with Crippen LogP contribution in [0.2, 0.25) is 0 Å². The summed E-state index contributed by atoms with van der Waals surface area (Å²) in [4.78, 5) is 18.7. The quantitative estimate of drug-likeness (QED) is 0.809. The zero-order chi connectivity index (χ0) is 15.6. The minimum Gasteiger partial charge on any atom is -0.391 e. The first-order chi connectivity index (χ1) is 9.77. The number of carbonyl (C=O) groups is 1. The third-order valence-electron chi connectivity index (χ3n) is 4.71. The molecule has 0 aromatic rings. The van der Waals surface area contributed by atoms with Crippen LogP contribution in [0.5, 0.6) is 0 Å². The average Bonchev–Trinajstić information content (AvgIpc) is 3.22. The fourth-order valence-corrected chi connectivity index (χ4v) is 2.66. The fraction of sp³-hybridized carbons (Fsp3) is 0.938. The molecule has 1 heterocycles. The molecule has 122 valence electrons. The van der Waals surface area contributed by atoms with E-state index in [9.17, 15) is 9.90 Å². The monoisotopic (exact) mass is 297 g/mol. The molecule has 21 heavy (non-hydrogen) atoms. The molecule has 2 rings (SSSR count). The third kappa shape index (κ3) is 4.94. The highest BCUT2D eigenvalue weighted by molar-refractivity contribution is 5.78. The molecule has 0 bridgehead atoms. The molecule has 0 aromatic heterocycles. The predicted molar refractivity (Wildman–Crippen MR) is 84.1 cm³/mol. The van der Waals surface area contributed by atoms with Crippen LogP contribution in [0.1, 0.15) is 33.6 Å². The maximum Gasteiger partial charge on any atom is 0.236 e. The van der Waals surface area contributed by atoms with E-state index in [4.69, 9.17) is 0 Å². The highest BCUT2D eigenvalue weighted by atomic mass is 16.3. The Kier molecular flexibility index (Phi) is 5.28. The second-order valence-electron chi connectivity index (χ2n) is 7.71. The van der Waals surface area contributed by atoms with Crippen molar-refractivity contribution in [3.05, 3.63) is 0 Å². The van der Waals surface area contributed by atoms with Gasteiger partial charge in [-0.1, -0.05) is 20.8 Å². The Morgan fingerprint density at radius 2 is 1.81 bits per heavy atom. The molecule has 0 spiro atoms. The van der Waals surface area contributed by atoms with Gasteiger partial charge in [0, 0.05) is 38.8 Å². The number of amides is 1. The van der Waals surface area contributed by atoms with Crippen LogP contribution in [0.25, 0.3) is 0 Å². The minimum absolute atomic E-state index is 0.0834. The lowest BCUT2D eigenvalue weighted by Crippen LogP contribution is -2.53. The van der Waals surface area contributed by atoms with Crippen LogP contribution in [0.3, 0.4) is 0 Å². The SMILES string of the molecule is CN(CC(=O)N1CCN(CC(O)C(C)(C)C)CC1)C1CC1. The van der Waals surface area contributed by atoms with Crippen LogP contribution in [0, 0.1) is 5.41 Å². The Morgan fingerprint density at radius 1 is 1.24 bits per heavy atom. The van der Waals surface area contributed by atoms with E-state index in [0.29, 0.717) is 19.1 Å². The Bertz CT molecular complexity index is 355. The number of aliphatic hydroxyl groups is 1.